The summed E-state index contributed by atoms with van der Waals surface area (Å²) in [5, 5.41) is 0. The molecule has 2 atom stereocenters. The predicted molar refractivity (Wildman–Crippen MR) is 85.5 cm³/mol. The molecule has 2 aliphatic rings. The van der Waals surface area contributed by atoms with Crippen LogP contribution < -0.4 is 4.74 Å². The van der Waals surface area contributed by atoms with E-state index in [4.69, 9.17) is 14.2 Å². The molecule has 0 N–H and O–H groups in total. The van der Waals surface area contributed by atoms with Gasteiger partial charge in [0.1, 0.15) is 6.10 Å². The van der Waals surface area contributed by atoms with Crippen LogP contribution in [-0.2, 0) is 9.47 Å². The molecule has 2 saturated carbocycles. The van der Waals surface area contributed by atoms with Crippen molar-refractivity contribution < 1.29 is 19.0 Å². The van der Waals surface area contributed by atoms with Crippen molar-refractivity contribution in [3.8, 4) is 5.88 Å². The molecule has 0 aliphatic heterocycles. The third kappa shape index (κ3) is 3.07. The fourth-order valence-electron chi connectivity index (χ4n) is 3.98. The largest absolute Gasteiger partial charge is 0.481 e. The van der Waals surface area contributed by atoms with Crippen molar-refractivity contribution >= 4 is 5.97 Å². The van der Waals surface area contributed by atoms with E-state index in [-0.39, 0.29) is 23.6 Å². The maximum Gasteiger partial charge on any atom is 0.340 e. The van der Waals surface area contributed by atoms with Crippen LogP contribution in [0.4, 0.5) is 0 Å². The molecular formula is C18H25NO4. The third-order valence-electron chi connectivity index (χ3n) is 5.29. The van der Waals surface area contributed by atoms with Crippen LogP contribution in [0.2, 0.25) is 0 Å². The lowest BCUT2D eigenvalue weighted by atomic mass is 9.56. The van der Waals surface area contributed by atoms with E-state index in [1.54, 1.807) is 19.2 Å². The van der Waals surface area contributed by atoms with Crippen LogP contribution in [0.25, 0.3) is 0 Å². The molecule has 2 aliphatic carbocycles. The monoisotopic (exact) mass is 319 g/mol. The predicted octanol–water partition coefficient (Wildman–Crippen LogP) is 3.37. The summed E-state index contributed by atoms with van der Waals surface area (Å²) in [7, 11) is 1.55. The number of hydrogen-bond donors (Lipinski definition) is 0. The van der Waals surface area contributed by atoms with Gasteiger partial charge in [-0.1, -0.05) is 19.3 Å². The number of aromatic nitrogens is 1. The Hall–Kier alpha value is -1.62. The summed E-state index contributed by atoms with van der Waals surface area (Å²) in [6.07, 6.45) is 8.37. The van der Waals surface area contributed by atoms with Gasteiger partial charge in [-0.2, -0.15) is 0 Å². The van der Waals surface area contributed by atoms with Gasteiger partial charge in [-0.05, 0) is 25.8 Å². The molecule has 2 fully saturated rings. The summed E-state index contributed by atoms with van der Waals surface area (Å²) in [6.45, 7) is 2.74. The smallest absolute Gasteiger partial charge is 0.340 e. The standard InChI is InChI=1S/C18H25NO4/c1-3-22-14-11-15(18(14)9-5-4-6-10-18)23-17(20)13-7-8-16(21-2)19-12-13/h7-8,12,14-15H,3-6,9-11H2,1-2H3/t14-,15-/m1/s1. The second kappa shape index (κ2) is 6.87. The highest BCUT2D eigenvalue weighted by Gasteiger charge is 2.57. The molecule has 23 heavy (non-hydrogen) atoms. The summed E-state index contributed by atoms with van der Waals surface area (Å²) in [4.78, 5) is 16.5. The summed E-state index contributed by atoms with van der Waals surface area (Å²) in [5.74, 6) is 0.190. The molecule has 5 nitrogen and oxygen atoms in total. The molecule has 5 heteroatoms. The van der Waals surface area contributed by atoms with E-state index < -0.39 is 0 Å². The van der Waals surface area contributed by atoms with E-state index in [9.17, 15) is 4.79 Å². The van der Waals surface area contributed by atoms with Crippen molar-refractivity contribution in [2.75, 3.05) is 13.7 Å². The van der Waals surface area contributed by atoms with Gasteiger partial charge in [-0.25, -0.2) is 9.78 Å². The minimum Gasteiger partial charge on any atom is -0.481 e. The minimum absolute atomic E-state index is 0.0316. The Balaban J connectivity index is 1.67. The lowest BCUT2D eigenvalue weighted by molar-refractivity contribution is -0.205. The Labute approximate surface area is 137 Å². The highest BCUT2D eigenvalue weighted by molar-refractivity contribution is 5.89. The summed E-state index contributed by atoms with van der Waals surface area (Å²) >= 11 is 0. The molecule has 0 unspecified atom stereocenters. The van der Waals surface area contributed by atoms with E-state index in [1.807, 2.05) is 6.92 Å². The van der Waals surface area contributed by atoms with Crippen LogP contribution in [0, 0.1) is 5.41 Å². The number of nitrogens with zero attached hydrogens (tertiary/aromatic N) is 1. The van der Waals surface area contributed by atoms with Gasteiger partial charge in [0, 0.05) is 30.7 Å². The number of ether oxygens (including phenoxy) is 3. The van der Waals surface area contributed by atoms with Crippen molar-refractivity contribution in [1.82, 2.24) is 4.98 Å². The van der Waals surface area contributed by atoms with Gasteiger partial charge in [0.25, 0.3) is 0 Å². The first-order valence-electron chi connectivity index (χ1n) is 8.52. The zero-order valence-electron chi connectivity index (χ0n) is 13.9. The molecule has 0 bridgehead atoms. The van der Waals surface area contributed by atoms with Gasteiger partial charge >= 0.3 is 5.97 Å². The molecule has 1 aromatic heterocycles. The van der Waals surface area contributed by atoms with E-state index in [0.29, 0.717) is 11.4 Å². The topological polar surface area (TPSA) is 57.7 Å². The molecule has 1 aromatic rings. The zero-order chi connectivity index (χ0) is 16.3. The van der Waals surface area contributed by atoms with Crippen molar-refractivity contribution in [1.29, 1.82) is 0 Å². The van der Waals surface area contributed by atoms with Crippen molar-refractivity contribution in [3.63, 3.8) is 0 Å². The Kier molecular flexibility index (Phi) is 4.85. The van der Waals surface area contributed by atoms with Crippen LogP contribution in [0.1, 0.15) is 55.8 Å². The maximum atomic E-state index is 12.4. The second-order valence-corrected chi connectivity index (χ2v) is 6.46. The van der Waals surface area contributed by atoms with E-state index in [0.717, 1.165) is 25.9 Å². The SMILES string of the molecule is CCO[C@@H]1C[C@@H](OC(=O)c2ccc(OC)nc2)C12CCCCC2. The lowest BCUT2D eigenvalue weighted by Crippen LogP contribution is -2.60. The summed E-state index contributed by atoms with van der Waals surface area (Å²) in [6, 6.07) is 3.37. The van der Waals surface area contributed by atoms with Gasteiger partial charge < -0.3 is 14.2 Å². The zero-order valence-corrected chi connectivity index (χ0v) is 13.9. The van der Waals surface area contributed by atoms with Gasteiger partial charge in [0.2, 0.25) is 5.88 Å². The number of carbonyl (C=O) groups is 1. The molecule has 126 valence electrons. The molecule has 3 rings (SSSR count). The Bertz CT molecular complexity index is 536. The molecular weight excluding hydrogens is 294 g/mol. The van der Waals surface area contributed by atoms with Crippen molar-refractivity contribution in [2.45, 2.75) is 57.7 Å². The van der Waals surface area contributed by atoms with Gasteiger partial charge in [0.15, 0.2) is 0 Å². The lowest BCUT2D eigenvalue weighted by Gasteiger charge is -2.56. The minimum atomic E-state index is -0.301. The first-order chi connectivity index (χ1) is 11.2. The summed E-state index contributed by atoms with van der Waals surface area (Å²) in [5.41, 5.74) is 0.501. The Morgan fingerprint density at radius 2 is 2.04 bits per heavy atom. The average Bonchev–Trinajstić information content (AvgIpc) is 2.61. The Morgan fingerprint density at radius 1 is 1.26 bits per heavy atom. The first-order valence-corrected chi connectivity index (χ1v) is 8.52. The molecule has 1 spiro atoms. The van der Waals surface area contributed by atoms with Crippen molar-refractivity contribution in [2.24, 2.45) is 5.41 Å². The number of pyridine rings is 1. The van der Waals surface area contributed by atoms with Crippen LogP contribution in [0.5, 0.6) is 5.88 Å². The van der Waals surface area contributed by atoms with Crippen LogP contribution in [-0.4, -0.2) is 36.9 Å². The highest BCUT2D eigenvalue weighted by atomic mass is 16.6. The van der Waals surface area contributed by atoms with Gasteiger partial charge in [-0.15, -0.1) is 0 Å². The molecule has 0 aromatic carbocycles. The summed E-state index contributed by atoms with van der Waals surface area (Å²) < 4.78 is 16.7. The van der Waals surface area contributed by atoms with Crippen LogP contribution >= 0.6 is 0 Å². The maximum absolute atomic E-state index is 12.4. The highest BCUT2D eigenvalue weighted by Crippen LogP contribution is 2.54. The number of esters is 1. The number of carbonyl (C=O) groups excluding carboxylic acids is 1. The Morgan fingerprint density at radius 3 is 2.65 bits per heavy atom. The quantitative estimate of drug-likeness (QED) is 0.779. The fraction of sp³-hybridized carbons (Fsp3) is 0.667. The van der Waals surface area contributed by atoms with E-state index >= 15 is 0 Å². The van der Waals surface area contributed by atoms with E-state index in [2.05, 4.69) is 4.98 Å². The average molecular weight is 319 g/mol. The fourth-order valence-corrected chi connectivity index (χ4v) is 3.98. The van der Waals surface area contributed by atoms with Crippen molar-refractivity contribution in [3.05, 3.63) is 23.9 Å². The normalized spacial score (nSPS) is 25.7. The van der Waals surface area contributed by atoms with Gasteiger partial charge in [-0.3, -0.25) is 0 Å². The number of rotatable bonds is 5. The molecule has 0 amide bonds. The van der Waals surface area contributed by atoms with E-state index in [1.165, 1.54) is 25.5 Å². The molecule has 1 heterocycles. The second-order valence-electron chi connectivity index (χ2n) is 6.46. The number of methoxy groups -OCH3 is 1. The third-order valence-corrected chi connectivity index (χ3v) is 5.29. The number of hydrogen-bond acceptors (Lipinski definition) is 5. The van der Waals surface area contributed by atoms with Crippen LogP contribution in [0.3, 0.4) is 0 Å². The molecule has 0 radical (unpaired) electrons. The first kappa shape index (κ1) is 16.2. The van der Waals surface area contributed by atoms with Gasteiger partial charge in [0.05, 0.1) is 18.8 Å². The van der Waals surface area contributed by atoms with Crippen LogP contribution in [0.15, 0.2) is 18.3 Å². The molecule has 0 saturated heterocycles.